The number of hydrogen-bond donors (Lipinski definition) is 0. The zero-order chi connectivity index (χ0) is 17.4. The van der Waals surface area contributed by atoms with Crippen LogP contribution in [0.3, 0.4) is 0 Å². The van der Waals surface area contributed by atoms with E-state index in [4.69, 9.17) is 0 Å². The summed E-state index contributed by atoms with van der Waals surface area (Å²) < 4.78 is 2.52. The number of aryl methyl sites for hydroxylation is 1. The summed E-state index contributed by atoms with van der Waals surface area (Å²) in [5.74, 6) is 1.83. The van der Waals surface area contributed by atoms with Crippen LogP contribution in [0.25, 0.3) is 11.0 Å². The predicted molar refractivity (Wildman–Crippen MR) is 99.4 cm³/mol. The Hall–Kier alpha value is -1.70. The van der Waals surface area contributed by atoms with Gasteiger partial charge in [0.2, 0.25) is 5.91 Å². The van der Waals surface area contributed by atoms with E-state index in [1.165, 1.54) is 25.7 Å². The number of piperazine rings is 1. The van der Waals surface area contributed by atoms with E-state index in [2.05, 4.69) is 35.9 Å². The van der Waals surface area contributed by atoms with Gasteiger partial charge in [-0.1, -0.05) is 12.8 Å². The molecule has 2 aliphatic rings. The van der Waals surface area contributed by atoms with Gasteiger partial charge in [-0.15, -0.1) is 0 Å². The molecular formula is C17H23BrN6O. The summed E-state index contributed by atoms with van der Waals surface area (Å²) in [6.07, 6.45) is 7.33. The van der Waals surface area contributed by atoms with Crippen LogP contribution < -0.4 is 4.90 Å². The van der Waals surface area contributed by atoms with E-state index in [0.29, 0.717) is 11.8 Å². The van der Waals surface area contributed by atoms with Crippen LogP contribution in [0.5, 0.6) is 0 Å². The van der Waals surface area contributed by atoms with E-state index in [0.717, 1.165) is 54.1 Å². The van der Waals surface area contributed by atoms with Crippen molar-refractivity contribution in [2.75, 3.05) is 31.1 Å². The summed E-state index contributed by atoms with van der Waals surface area (Å²) in [4.78, 5) is 25.6. The fourth-order valence-corrected chi connectivity index (χ4v) is 4.62. The molecule has 1 saturated heterocycles. The molecule has 0 spiro atoms. The van der Waals surface area contributed by atoms with E-state index >= 15 is 0 Å². The average molecular weight is 407 g/mol. The van der Waals surface area contributed by atoms with Gasteiger partial charge in [-0.05, 0) is 34.7 Å². The largest absolute Gasteiger partial charge is 0.352 e. The van der Waals surface area contributed by atoms with Crippen LogP contribution in [0, 0.1) is 5.92 Å². The van der Waals surface area contributed by atoms with Crippen molar-refractivity contribution in [1.82, 2.24) is 24.6 Å². The minimum atomic E-state index is 0.321. The van der Waals surface area contributed by atoms with Crippen molar-refractivity contribution in [3.63, 3.8) is 0 Å². The third-order valence-corrected chi connectivity index (χ3v) is 5.98. The van der Waals surface area contributed by atoms with Gasteiger partial charge in [0, 0.05) is 39.6 Å². The van der Waals surface area contributed by atoms with E-state index < -0.39 is 0 Å². The molecule has 0 unspecified atom stereocenters. The molecule has 7 nitrogen and oxygen atoms in total. The number of aromatic nitrogens is 4. The monoisotopic (exact) mass is 406 g/mol. The lowest BCUT2D eigenvalue weighted by molar-refractivity contribution is -0.132. The van der Waals surface area contributed by atoms with Crippen molar-refractivity contribution in [1.29, 1.82) is 0 Å². The standard InChI is InChI=1S/C17H23BrN6O/c1-22-16-14(15(18)21-22)17(20-11-19-16)24-8-6-23(7-9-24)13(25)10-12-4-2-3-5-12/h11-12H,2-10H2,1H3. The van der Waals surface area contributed by atoms with Gasteiger partial charge in [0.25, 0.3) is 0 Å². The first kappa shape index (κ1) is 16.8. The molecule has 0 aromatic carbocycles. The third kappa shape index (κ3) is 3.23. The van der Waals surface area contributed by atoms with Gasteiger partial charge in [0.05, 0.1) is 5.39 Å². The number of rotatable bonds is 3. The van der Waals surface area contributed by atoms with Crippen molar-refractivity contribution < 1.29 is 4.79 Å². The normalized spacial score (nSPS) is 19.1. The lowest BCUT2D eigenvalue weighted by Crippen LogP contribution is -2.49. The Labute approximate surface area is 155 Å². The van der Waals surface area contributed by atoms with Crippen LogP contribution in [0.2, 0.25) is 0 Å². The maximum atomic E-state index is 12.5. The summed E-state index contributed by atoms with van der Waals surface area (Å²) in [5, 5.41) is 5.33. The van der Waals surface area contributed by atoms with E-state index in [1.807, 2.05) is 11.9 Å². The molecule has 1 saturated carbocycles. The molecule has 1 amide bonds. The van der Waals surface area contributed by atoms with Gasteiger partial charge in [0.1, 0.15) is 16.7 Å². The van der Waals surface area contributed by atoms with Gasteiger partial charge < -0.3 is 9.80 Å². The molecule has 1 aliphatic carbocycles. The molecule has 0 radical (unpaired) electrons. The molecule has 0 N–H and O–H groups in total. The van der Waals surface area contributed by atoms with E-state index in [-0.39, 0.29) is 0 Å². The minimum Gasteiger partial charge on any atom is -0.352 e. The topological polar surface area (TPSA) is 67.2 Å². The molecule has 8 heteroatoms. The number of carbonyl (C=O) groups is 1. The fraction of sp³-hybridized carbons (Fsp3) is 0.647. The van der Waals surface area contributed by atoms with Crippen molar-refractivity contribution in [2.45, 2.75) is 32.1 Å². The average Bonchev–Trinajstić information content (AvgIpc) is 3.23. The minimum absolute atomic E-state index is 0.321. The Morgan fingerprint density at radius 1 is 1.20 bits per heavy atom. The number of anilines is 1. The number of nitrogens with zero attached hydrogens (tertiary/aromatic N) is 6. The second-order valence-corrected chi connectivity index (χ2v) is 7.78. The molecule has 2 aromatic heterocycles. The second-order valence-electron chi connectivity index (χ2n) is 7.03. The summed E-state index contributed by atoms with van der Waals surface area (Å²) in [6, 6.07) is 0. The SMILES string of the molecule is Cn1nc(Br)c2c(N3CCN(C(=O)CC4CCCC4)CC3)ncnc21. The molecule has 0 bridgehead atoms. The molecule has 2 aromatic rings. The number of halogens is 1. The Balaban J connectivity index is 1.44. The first-order valence-corrected chi connectivity index (χ1v) is 9.78. The Kier molecular flexibility index (Phi) is 4.62. The molecule has 4 rings (SSSR count). The van der Waals surface area contributed by atoms with Crippen LogP contribution in [0.4, 0.5) is 5.82 Å². The van der Waals surface area contributed by atoms with Crippen LogP contribution in [-0.2, 0) is 11.8 Å². The van der Waals surface area contributed by atoms with Crippen LogP contribution in [0.15, 0.2) is 10.9 Å². The highest BCUT2D eigenvalue weighted by Gasteiger charge is 2.27. The lowest BCUT2D eigenvalue weighted by atomic mass is 10.0. The molecule has 3 heterocycles. The fourth-order valence-electron chi connectivity index (χ4n) is 4.02. The van der Waals surface area contributed by atoms with Gasteiger partial charge in [-0.3, -0.25) is 4.79 Å². The van der Waals surface area contributed by atoms with E-state index in [1.54, 1.807) is 11.0 Å². The predicted octanol–water partition coefficient (Wildman–Crippen LogP) is 2.35. The summed E-state index contributed by atoms with van der Waals surface area (Å²) in [5.41, 5.74) is 0.816. The first-order chi connectivity index (χ1) is 12.1. The molecule has 1 aliphatic heterocycles. The van der Waals surface area contributed by atoms with E-state index in [9.17, 15) is 4.79 Å². The summed E-state index contributed by atoms with van der Waals surface area (Å²) in [7, 11) is 1.88. The molecule has 0 atom stereocenters. The zero-order valence-corrected chi connectivity index (χ0v) is 16.1. The highest BCUT2D eigenvalue weighted by Crippen LogP contribution is 2.31. The van der Waals surface area contributed by atoms with Gasteiger partial charge >= 0.3 is 0 Å². The number of fused-ring (bicyclic) bond motifs is 1. The maximum absolute atomic E-state index is 12.5. The summed E-state index contributed by atoms with van der Waals surface area (Å²) in [6.45, 7) is 3.11. The number of amides is 1. The lowest BCUT2D eigenvalue weighted by Gasteiger charge is -2.36. The van der Waals surface area contributed by atoms with Crippen molar-refractivity contribution >= 4 is 38.7 Å². The Bertz CT molecular complexity index is 777. The molecule has 25 heavy (non-hydrogen) atoms. The molecular weight excluding hydrogens is 384 g/mol. The number of hydrogen-bond acceptors (Lipinski definition) is 5. The van der Waals surface area contributed by atoms with Gasteiger partial charge in [-0.2, -0.15) is 5.10 Å². The highest BCUT2D eigenvalue weighted by atomic mass is 79.9. The zero-order valence-electron chi connectivity index (χ0n) is 14.5. The maximum Gasteiger partial charge on any atom is 0.222 e. The third-order valence-electron chi connectivity index (χ3n) is 5.43. The Morgan fingerprint density at radius 3 is 2.64 bits per heavy atom. The Morgan fingerprint density at radius 2 is 1.92 bits per heavy atom. The molecule has 134 valence electrons. The number of carbonyl (C=O) groups excluding carboxylic acids is 1. The second kappa shape index (κ2) is 6.90. The quantitative estimate of drug-likeness (QED) is 0.782. The summed E-state index contributed by atoms with van der Waals surface area (Å²) >= 11 is 3.52. The molecule has 2 fully saturated rings. The van der Waals surface area contributed by atoms with Crippen LogP contribution >= 0.6 is 15.9 Å². The van der Waals surface area contributed by atoms with Gasteiger partial charge in [-0.25, -0.2) is 14.6 Å². The highest BCUT2D eigenvalue weighted by molar-refractivity contribution is 9.10. The smallest absolute Gasteiger partial charge is 0.222 e. The van der Waals surface area contributed by atoms with Crippen molar-refractivity contribution in [2.24, 2.45) is 13.0 Å². The van der Waals surface area contributed by atoms with Crippen LogP contribution in [-0.4, -0.2) is 56.7 Å². The van der Waals surface area contributed by atoms with Gasteiger partial charge in [0.15, 0.2) is 5.65 Å². The van der Waals surface area contributed by atoms with Crippen LogP contribution in [0.1, 0.15) is 32.1 Å². The van der Waals surface area contributed by atoms with Crippen molar-refractivity contribution in [3.05, 3.63) is 10.9 Å². The first-order valence-electron chi connectivity index (χ1n) is 8.99. The van der Waals surface area contributed by atoms with Crippen molar-refractivity contribution in [3.8, 4) is 0 Å².